The van der Waals surface area contributed by atoms with Crippen molar-refractivity contribution in [1.29, 1.82) is 5.26 Å². The summed E-state index contributed by atoms with van der Waals surface area (Å²) in [6.07, 6.45) is 2.64. The van der Waals surface area contributed by atoms with Crippen LogP contribution in [0.25, 0.3) is 0 Å². The highest BCUT2D eigenvalue weighted by Gasteiger charge is 2.47. The minimum absolute atomic E-state index is 0.00221. The highest BCUT2D eigenvalue weighted by atomic mass is 32.2. The van der Waals surface area contributed by atoms with E-state index in [1.807, 2.05) is 4.90 Å². The second kappa shape index (κ2) is 9.32. The van der Waals surface area contributed by atoms with Gasteiger partial charge < -0.3 is 15.3 Å². The maximum Gasteiger partial charge on any atom is 0.272 e. The molecule has 32 heavy (non-hydrogen) atoms. The first-order valence-electron chi connectivity index (χ1n) is 10.6. The van der Waals surface area contributed by atoms with Crippen molar-refractivity contribution in [3.05, 3.63) is 52.3 Å². The first-order chi connectivity index (χ1) is 15.5. The average molecular weight is 455 g/mol. The van der Waals surface area contributed by atoms with Crippen molar-refractivity contribution >= 4 is 23.8 Å². The van der Waals surface area contributed by atoms with Gasteiger partial charge in [0.05, 0.1) is 18.2 Å². The van der Waals surface area contributed by atoms with Gasteiger partial charge in [-0.05, 0) is 37.0 Å². The fraction of sp³-hybridized carbons (Fsp3) is 0.455. The van der Waals surface area contributed by atoms with Crippen molar-refractivity contribution in [2.24, 2.45) is 7.05 Å². The molecule has 2 aromatic rings. The number of hydrogen-bond donors (Lipinski definition) is 3. The van der Waals surface area contributed by atoms with Crippen molar-refractivity contribution in [2.45, 2.75) is 30.6 Å². The zero-order valence-corrected chi connectivity index (χ0v) is 18.7. The molecule has 0 saturated heterocycles. The number of aliphatic hydroxyl groups is 1. The molecule has 1 aliphatic carbocycles. The lowest BCUT2D eigenvalue weighted by Gasteiger charge is -2.30. The summed E-state index contributed by atoms with van der Waals surface area (Å²) in [7, 11) is 1.70. The van der Waals surface area contributed by atoms with Gasteiger partial charge in [0, 0.05) is 43.5 Å². The van der Waals surface area contributed by atoms with Crippen LogP contribution in [0.15, 0.2) is 24.3 Å². The Hall–Kier alpha value is -2.87. The first-order valence-corrected chi connectivity index (χ1v) is 11.4. The Kier molecular flexibility index (Phi) is 6.50. The van der Waals surface area contributed by atoms with Gasteiger partial charge in [0.25, 0.3) is 11.8 Å². The first kappa shape index (κ1) is 22.3. The van der Waals surface area contributed by atoms with Gasteiger partial charge in [-0.15, -0.1) is 0 Å². The molecule has 10 heteroatoms. The Bertz CT molecular complexity index is 1050. The number of nitrogens with zero attached hydrogens (tertiary/aromatic N) is 4. The number of carbonyl (C=O) groups excluding carboxylic acids is 2. The van der Waals surface area contributed by atoms with Crippen molar-refractivity contribution < 1.29 is 14.7 Å². The van der Waals surface area contributed by atoms with Crippen LogP contribution < -0.4 is 10.0 Å². The van der Waals surface area contributed by atoms with Gasteiger partial charge in [0.15, 0.2) is 5.69 Å². The highest BCUT2D eigenvalue weighted by Crippen LogP contribution is 2.48. The molecule has 2 aliphatic rings. The van der Waals surface area contributed by atoms with Crippen LogP contribution in [0, 0.1) is 11.3 Å². The van der Waals surface area contributed by atoms with Gasteiger partial charge in [0.1, 0.15) is 5.69 Å². The van der Waals surface area contributed by atoms with Crippen LogP contribution in [-0.2, 0) is 20.0 Å². The lowest BCUT2D eigenvalue weighted by Crippen LogP contribution is -2.43. The van der Waals surface area contributed by atoms with Crippen LogP contribution in [0.2, 0.25) is 0 Å². The van der Waals surface area contributed by atoms with E-state index in [0.29, 0.717) is 55.1 Å². The van der Waals surface area contributed by atoms with E-state index in [2.05, 4.69) is 21.2 Å². The maximum absolute atomic E-state index is 13.2. The fourth-order valence-electron chi connectivity index (χ4n) is 3.90. The zero-order valence-electron chi connectivity index (χ0n) is 17.9. The summed E-state index contributed by atoms with van der Waals surface area (Å²) in [5, 5.41) is 25.1. The number of nitrogens with one attached hydrogen (secondary N) is 2. The molecule has 1 aliphatic heterocycles. The molecule has 3 N–H and O–H groups in total. The second-order valence-corrected chi connectivity index (χ2v) is 9.53. The fourth-order valence-corrected chi connectivity index (χ4v) is 4.92. The summed E-state index contributed by atoms with van der Waals surface area (Å²) < 4.78 is 4.68. The van der Waals surface area contributed by atoms with E-state index < -0.39 is 0 Å². The number of fused-ring (bicyclic) bond motifs is 1. The summed E-state index contributed by atoms with van der Waals surface area (Å²) in [6.45, 7) is 2.11. The lowest BCUT2D eigenvalue weighted by atomic mass is 10.0. The third-order valence-electron chi connectivity index (χ3n) is 5.81. The standard InChI is InChI=1S/C22H26N6O3S/c1-27-19-17(6-10-28(21(19)31)14-22(7-8-22)32-25-9-11-29)18(26-27)20(30)24-13-16-4-2-15(12-23)3-5-16/h2-5,25,29H,6-11,13-14H2,1H3,(H,24,30). The molecule has 4 rings (SSSR count). The van der Waals surface area contributed by atoms with Crippen molar-refractivity contribution in [3.63, 3.8) is 0 Å². The Morgan fingerprint density at radius 3 is 2.75 bits per heavy atom. The van der Waals surface area contributed by atoms with E-state index in [4.69, 9.17) is 10.4 Å². The highest BCUT2D eigenvalue weighted by molar-refractivity contribution is 7.99. The van der Waals surface area contributed by atoms with Crippen LogP contribution in [0.3, 0.4) is 0 Å². The second-order valence-electron chi connectivity index (χ2n) is 8.17. The van der Waals surface area contributed by atoms with Crippen LogP contribution >= 0.6 is 11.9 Å². The molecule has 168 valence electrons. The van der Waals surface area contributed by atoms with Gasteiger partial charge >= 0.3 is 0 Å². The molecule has 1 aromatic carbocycles. The SMILES string of the molecule is Cn1nc(C(=O)NCc2ccc(C#N)cc2)c2c1C(=O)N(CC1(SNCCO)CC1)CC2. The average Bonchev–Trinajstić information content (AvgIpc) is 3.48. The molecule has 0 radical (unpaired) electrons. The monoisotopic (exact) mass is 454 g/mol. The third-order valence-corrected chi connectivity index (χ3v) is 7.13. The smallest absolute Gasteiger partial charge is 0.272 e. The normalized spacial score (nSPS) is 16.4. The molecule has 0 bridgehead atoms. The van der Waals surface area contributed by atoms with Crippen LogP contribution in [-0.4, -0.2) is 62.6 Å². The number of hydrogen-bond acceptors (Lipinski definition) is 7. The molecule has 0 unspecified atom stereocenters. The predicted octanol–water partition coefficient (Wildman–Crippen LogP) is 0.983. The van der Waals surface area contributed by atoms with E-state index in [0.717, 1.165) is 18.4 Å². The van der Waals surface area contributed by atoms with Crippen molar-refractivity contribution in [3.8, 4) is 6.07 Å². The van der Waals surface area contributed by atoms with E-state index in [9.17, 15) is 9.59 Å². The summed E-state index contributed by atoms with van der Waals surface area (Å²) >= 11 is 1.60. The number of carbonyl (C=O) groups is 2. The van der Waals surface area contributed by atoms with E-state index in [1.165, 1.54) is 4.68 Å². The zero-order chi connectivity index (χ0) is 22.7. The number of amides is 2. The lowest BCUT2D eigenvalue weighted by molar-refractivity contribution is 0.0725. The Labute approximate surface area is 190 Å². The number of rotatable bonds is 9. The molecule has 9 nitrogen and oxygen atoms in total. The van der Waals surface area contributed by atoms with Crippen LogP contribution in [0.5, 0.6) is 0 Å². The third kappa shape index (κ3) is 4.65. The van der Waals surface area contributed by atoms with E-state index in [-0.39, 0.29) is 23.2 Å². The number of aromatic nitrogens is 2. The summed E-state index contributed by atoms with van der Waals surface area (Å²) in [6, 6.07) is 9.09. The molecule has 2 heterocycles. The van der Waals surface area contributed by atoms with Crippen LogP contribution in [0.4, 0.5) is 0 Å². The quantitative estimate of drug-likeness (QED) is 0.381. The Morgan fingerprint density at radius 1 is 1.34 bits per heavy atom. The summed E-state index contributed by atoms with van der Waals surface area (Å²) in [4.78, 5) is 27.8. The molecule has 0 atom stereocenters. The number of aryl methyl sites for hydroxylation is 1. The van der Waals surface area contributed by atoms with Crippen molar-refractivity contribution in [2.75, 3.05) is 26.2 Å². The molecule has 1 fully saturated rings. The number of benzene rings is 1. The number of nitriles is 1. The van der Waals surface area contributed by atoms with Crippen LogP contribution in [0.1, 0.15) is 50.5 Å². The Balaban J connectivity index is 1.42. The topological polar surface area (TPSA) is 123 Å². The molecule has 0 spiro atoms. The largest absolute Gasteiger partial charge is 0.395 e. The summed E-state index contributed by atoms with van der Waals surface area (Å²) in [5.41, 5.74) is 2.92. The molecular weight excluding hydrogens is 428 g/mol. The maximum atomic E-state index is 13.2. The minimum atomic E-state index is -0.310. The van der Waals surface area contributed by atoms with Crippen molar-refractivity contribution in [1.82, 2.24) is 24.7 Å². The molecule has 1 saturated carbocycles. The molecule has 1 aromatic heterocycles. The van der Waals surface area contributed by atoms with E-state index >= 15 is 0 Å². The van der Waals surface area contributed by atoms with Gasteiger partial charge in [-0.25, -0.2) is 0 Å². The number of aliphatic hydroxyl groups excluding tert-OH is 1. The molecular formula is C22H26N6O3S. The van der Waals surface area contributed by atoms with Gasteiger partial charge in [-0.1, -0.05) is 24.1 Å². The van der Waals surface area contributed by atoms with Gasteiger partial charge in [0.2, 0.25) is 0 Å². The molecule has 2 amide bonds. The predicted molar refractivity (Wildman–Crippen MR) is 120 cm³/mol. The minimum Gasteiger partial charge on any atom is -0.395 e. The van der Waals surface area contributed by atoms with Gasteiger partial charge in [-0.3, -0.25) is 19.0 Å². The Morgan fingerprint density at radius 2 is 2.09 bits per heavy atom. The van der Waals surface area contributed by atoms with Gasteiger partial charge in [-0.2, -0.15) is 10.4 Å². The van der Waals surface area contributed by atoms with E-state index in [1.54, 1.807) is 43.3 Å². The summed E-state index contributed by atoms with van der Waals surface area (Å²) in [5.74, 6) is -0.406.